The fourth-order valence-electron chi connectivity index (χ4n) is 0.747. The lowest BCUT2D eigenvalue weighted by molar-refractivity contribution is -0.144. The van der Waals surface area contributed by atoms with Crippen LogP contribution in [-0.2, 0) is 19.1 Å². The van der Waals surface area contributed by atoms with Crippen LogP contribution in [0.25, 0.3) is 0 Å². The van der Waals surface area contributed by atoms with E-state index in [9.17, 15) is 9.59 Å². The highest BCUT2D eigenvalue weighted by atomic mass is 16.5. The van der Waals surface area contributed by atoms with Gasteiger partial charge in [0.05, 0.1) is 13.2 Å². The summed E-state index contributed by atoms with van der Waals surface area (Å²) in [6.07, 6.45) is 0.715. The van der Waals surface area contributed by atoms with Gasteiger partial charge in [0.15, 0.2) is 0 Å². The predicted molar refractivity (Wildman–Crippen MR) is 47.0 cm³/mol. The molecule has 0 N–H and O–H groups in total. The molecule has 0 aromatic rings. The summed E-state index contributed by atoms with van der Waals surface area (Å²) >= 11 is 0. The Labute approximate surface area is 78.2 Å². The zero-order valence-corrected chi connectivity index (χ0v) is 8.33. The highest BCUT2D eigenvalue weighted by molar-refractivity contribution is 5.66. The molecule has 0 radical (unpaired) electrons. The van der Waals surface area contributed by atoms with Crippen LogP contribution in [-0.4, -0.2) is 25.2 Å². The SMILES string of the molecule is CC(=O)OCC[C@@H](C)COC(C)=O. The molecular weight excluding hydrogens is 172 g/mol. The van der Waals surface area contributed by atoms with E-state index in [-0.39, 0.29) is 17.9 Å². The van der Waals surface area contributed by atoms with Crippen LogP contribution in [0.4, 0.5) is 0 Å². The van der Waals surface area contributed by atoms with E-state index in [4.69, 9.17) is 9.47 Å². The number of carbonyl (C=O) groups excluding carboxylic acids is 2. The molecule has 0 bridgehead atoms. The number of hydrogen-bond donors (Lipinski definition) is 0. The Morgan fingerprint density at radius 1 is 1.15 bits per heavy atom. The second kappa shape index (κ2) is 6.46. The van der Waals surface area contributed by atoms with Crippen LogP contribution in [0.5, 0.6) is 0 Å². The number of carbonyl (C=O) groups is 2. The van der Waals surface area contributed by atoms with E-state index in [0.717, 1.165) is 0 Å². The second-order valence-corrected chi connectivity index (χ2v) is 3.04. The number of hydrogen-bond acceptors (Lipinski definition) is 4. The molecule has 76 valence electrons. The molecule has 0 aliphatic heterocycles. The molecule has 0 saturated carbocycles. The molecule has 13 heavy (non-hydrogen) atoms. The molecule has 0 saturated heterocycles. The van der Waals surface area contributed by atoms with Crippen molar-refractivity contribution in [2.24, 2.45) is 5.92 Å². The van der Waals surface area contributed by atoms with E-state index < -0.39 is 0 Å². The van der Waals surface area contributed by atoms with Crippen molar-refractivity contribution in [2.75, 3.05) is 13.2 Å². The average molecular weight is 188 g/mol. The first kappa shape index (κ1) is 11.9. The van der Waals surface area contributed by atoms with Gasteiger partial charge in [0.1, 0.15) is 0 Å². The number of esters is 2. The van der Waals surface area contributed by atoms with Crippen LogP contribution in [0.2, 0.25) is 0 Å². The van der Waals surface area contributed by atoms with Crippen LogP contribution in [0.3, 0.4) is 0 Å². The maximum Gasteiger partial charge on any atom is 0.302 e. The fourth-order valence-corrected chi connectivity index (χ4v) is 0.747. The van der Waals surface area contributed by atoms with E-state index in [1.54, 1.807) is 0 Å². The van der Waals surface area contributed by atoms with Crippen LogP contribution in [0.15, 0.2) is 0 Å². The molecule has 0 aliphatic carbocycles. The van der Waals surface area contributed by atoms with Gasteiger partial charge in [0.25, 0.3) is 0 Å². The van der Waals surface area contributed by atoms with Gasteiger partial charge in [0, 0.05) is 13.8 Å². The van der Waals surface area contributed by atoms with Crippen molar-refractivity contribution < 1.29 is 19.1 Å². The minimum absolute atomic E-state index is 0.225. The van der Waals surface area contributed by atoms with Gasteiger partial charge in [-0.3, -0.25) is 9.59 Å². The van der Waals surface area contributed by atoms with Crippen molar-refractivity contribution >= 4 is 11.9 Å². The Morgan fingerprint density at radius 2 is 1.69 bits per heavy atom. The molecule has 0 fully saturated rings. The van der Waals surface area contributed by atoms with Crippen molar-refractivity contribution in [1.29, 1.82) is 0 Å². The third-order valence-electron chi connectivity index (χ3n) is 1.49. The van der Waals surface area contributed by atoms with Gasteiger partial charge in [-0.2, -0.15) is 0 Å². The summed E-state index contributed by atoms with van der Waals surface area (Å²) in [4.78, 5) is 20.8. The molecule has 1 atom stereocenters. The average Bonchev–Trinajstić information content (AvgIpc) is 2.00. The Bertz CT molecular complexity index is 176. The Kier molecular flexibility index (Phi) is 5.93. The summed E-state index contributed by atoms with van der Waals surface area (Å²) in [6.45, 7) is 5.45. The lowest BCUT2D eigenvalue weighted by atomic mass is 10.1. The van der Waals surface area contributed by atoms with Crippen molar-refractivity contribution in [2.45, 2.75) is 27.2 Å². The topological polar surface area (TPSA) is 52.6 Å². The van der Waals surface area contributed by atoms with Crippen molar-refractivity contribution in [3.05, 3.63) is 0 Å². The van der Waals surface area contributed by atoms with E-state index in [1.165, 1.54) is 13.8 Å². The van der Waals surface area contributed by atoms with Crippen LogP contribution < -0.4 is 0 Å². The number of rotatable bonds is 5. The summed E-state index contributed by atoms with van der Waals surface area (Å²) in [5.74, 6) is -0.331. The maximum absolute atomic E-state index is 10.4. The fraction of sp³-hybridized carbons (Fsp3) is 0.778. The van der Waals surface area contributed by atoms with E-state index in [1.807, 2.05) is 6.92 Å². The summed E-state index contributed by atoms with van der Waals surface area (Å²) in [5, 5.41) is 0. The van der Waals surface area contributed by atoms with Gasteiger partial charge in [-0.05, 0) is 12.3 Å². The quantitative estimate of drug-likeness (QED) is 0.607. The van der Waals surface area contributed by atoms with E-state index in [2.05, 4.69) is 0 Å². The van der Waals surface area contributed by atoms with E-state index >= 15 is 0 Å². The molecule has 0 amide bonds. The minimum atomic E-state index is -0.278. The van der Waals surface area contributed by atoms with Gasteiger partial charge in [-0.25, -0.2) is 0 Å². The first-order chi connectivity index (χ1) is 6.02. The summed E-state index contributed by atoms with van der Waals surface area (Å²) in [5.41, 5.74) is 0. The predicted octanol–water partition coefficient (Wildman–Crippen LogP) is 1.14. The second-order valence-electron chi connectivity index (χ2n) is 3.04. The van der Waals surface area contributed by atoms with Crippen LogP contribution in [0, 0.1) is 5.92 Å². The first-order valence-corrected chi connectivity index (χ1v) is 4.29. The molecule has 4 heteroatoms. The summed E-state index contributed by atoms with van der Waals surface area (Å²) in [6, 6.07) is 0. The van der Waals surface area contributed by atoms with Crippen molar-refractivity contribution in [1.82, 2.24) is 0 Å². The zero-order valence-electron chi connectivity index (χ0n) is 8.33. The lowest BCUT2D eigenvalue weighted by Crippen LogP contribution is -2.12. The smallest absolute Gasteiger partial charge is 0.302 e. The van der Waals surface area contributed by atoms with Gasteiger partial charge >= 0.3 is 11.9 Å². The molecule has 0 unspecified atom stereocenters. The van der Waals surface area contributed by atoms with Crippen molar-refractivity contribution in [3.8, 4) is 0 Å². The maximum atomic E-state index is 10.4. The molecule has 0 aromatic carbocycles. The van der Waals surface area contributed by atoms with Crippen LogP contribution >= 0.6 is 0 Å². The Morgan fingerprint density at radius 3 is 2.15 bits per heavy atom. The molecule has 0 aliphatic rings. The summed E-state index contributed by atoms with van der Waals surface area (Å²) in [7, 11) is 0. The Hall–Kier alpha value is -1.06. The number of ether oxygens (including phenoxy) is 2. The van der Waals surface area contributed by atoms with Gasteiger partial charge in [-0.1, -0.05) is 6.92 Å². The molecule has 4 nitrogen and oxygen atoms in total. The normalized spacial score (nSPS) is 11.9. The zero-order chi connectivity index (χ0) is 10.3. The van der Waals surface area contributed by atoms with Crippen LogP contribution in [0.1, 0.15) is 27.2 Å². The molecular formula is C9H16O4. The largest absolute Gasteiger partial charge is 0.466 e. The molecule has 0 heterocycles. The van der Waals surface area contributed by atoms with Gasteiger partial charge in [-0.15, -0.1) is 0 Å². The highest BCUT2D eigenvalue weighted by Gasteiger charge is 2.04. The van der Waals surface area contributed by atoms with Crippen molar-refractivity contribution in [3.63, 3.8) is 0 Å². The minimum Gasteiger partial charge on any atom is -0.466 e. The third-order valence-corrected chi connectivity index (χ3v) is 1.49. The van der Waals surface area contributed by atoms with Gasteiger partial charge < -0.3 is 9.47 Å². The molecule has 0 aromatic heterocycles. The third kappa shape index (κ3) is 8.85. The Balaban J connectivity index is 3.35. The standard InChI is InChI=1S/C9H16O4/c1-7(6-13-9(3)11)4-5-12-8(2)10/h7H,4-6H2,1-3H3/t7-/m1/s1. The summed E-state index contributed by atoms with van der Waals surface area (Å²) < 4.78 is 9.52. The molecule has 0 rings (SSSR count). The lowest BCUT2D eigenvalue weighted by Gasteiger charge is -2.10. The highest BCUT2D eigenvalue weighted by Crippen LogP contribution is 2.02. The van der Waals surface area contributed by atoms with Gasteiger partial charge in [0.2, 0.25) is 0 Å². The molecule has 0 spiro atoms. The van der Waals surface area contributed by atoms with E-state index in [0.29, 0.717) is 19.6 Å². The monoisotopic (exact) mass is 188 g/mol. The first-order valence-electron chi connectivity index (χ1n) is 4.29.